The van der Waals surface area contributed by atoms with Crippen LogP contribution in [0.5, 0.6) is 0 Å². The van der Waals surface area contributed by atoms with Gasteiger partial charge in [-0.15, -0.1) is 0 Å². The van der Waals surface area contributed by atoms with Crippen molar-refractivity contribution in [2.45, 2.75) is 37.7 Å². The summed E-state index contributed by atoms with van der Waals surface area (Å²) < 4.78 is 1.83. The standard InChI is InChI=1S/C17H22N2O/c1-19-10-9-16(18-19)12-15-11-14(7-8-17(15)20)13-5-3-2-4-6-13/h2-6,9-10,14-15,17,20H,7-8,11-12H2,1H3. The van der Waals surface area contributed by atoms with E-state index in [0.29, 0.717) is 11.8 Å². The van der Waals surface area contributed by atoms with E-state index in [9.17, 15) is 5.11 Å². The molecular formula is C17H22N2O. The number of aromatic nitrogens is 2. The van der Waals surface area contributed by atoms with E-state index in [-0.39, 0.29) is 6.10 Å². The Bertz CT molecular complexity index is 549. The highest BCUT2D eigenvalue weighted by atomic mass is 16.3. The molecule has 3 unspecified atom stereocenters. The van der Waals surface area contributed by atoms with Crippen molar-refractivity contribution in [3.8, 4) is 0 Å². The number of benzene rings is 1. The Kier molecular flexibility index (Phi) is 3.88. The summed E-state index contributed by atoms with van der Waals surface area (Å²) in [6.45, 7) is 0. The molecular weight excluding hydrogens is 248 g/mol. The molecule has 0 aliphatic heterocycles. The van der Waals surface area contributed by atoms with Crippen LogP contribution in [0.4, 0.5) is 0 Å². The highest BCUT2D eigenvalue weighted by molar-refractivity contribution is 5.20. The zero-order valence-corrected chi connectivity index (χ0v) is 11.9. The second-order valence-corrected chi connectivity index (χ2v) is 5.93. The Morgan fingerprint density at radius 2 is 2.00 bits per heavy atom. The predicted octanol–water partition coefficient (Wildman–Crippen LogP) is 2.91. The molecule has 3 atom stereocenters. The normalized spacial score (nSPS) is 26.6. The average Bonchev–Trinajstić information content (AvgIpc) is 2.88. The first kappa shape index (κ1) is 13.4. The summed E-state index contributed by atoms with van der Waals surface area (Å²) in [7, 11) is 1.94. The minimum absolute atomic E-state index is 0.183. The van der Waals surface area contributed by atoms with Crippen molar-refractivity contribution in [2.24, 2.45) is 13.0 Å². The Hall–Kier alpha value is -1.61. The fourth-order valence-electron chi connectivity index (χ4n) is 3.34. The molecule has 3 rings (SSSR count). The highest BCUT2D eigenvalue weighted by Crippen LogP contribution is 2.37. The Morgan fingerprint density at radius 1 is 1.20 bits per heavy atom. The smallest absolute Gasteiger partial charge is 0.0628 e. The van der Waals surface area contributed by atoms with Gasteiger partial charge in [-0.3, -0.25) is 4.68 Å². The molecule has 0 amide bonds. The van der Waals surface area contributed by atoms with Gasteiger partial charge in [-0.1, -0.05) is 30.3 Å². The molecule has 1 fully saturated rings. The van der Waals surface area contributed by atoms with Gasteiger partial charge in [0.05, 0.1) is 11.8 Å². The van der Waals surface area contributed by atoms with Crippen molar-refractivity contribution in [1.82, 2.24) is 9.78 Å². The Balaban J connectivity index is 1.70. The Morgan fingerprint density at radius 3 is 2.70 bits per heavy atom. The third-order valence-electron chi connectivity index (χ3n) is 4.45. The first-order valence-electron chi connectivity index (χ1n) is 7.44. The minimum atomic E-state index is -0.183. The number of rotatable bonds is 3. The summed E-state index contributed by atoms with van der Waals surface area (Å²) >= 11 is 0. The molecule has 0 radical (unpaired) electrons. The second kappa shape index (κ2) is 5.80. The molecule has 1 aromatic carbocycles. The summed E-state index contributed by atoms with van der Waals surface area (Å²) in [4.78, 5) is 0. The number of aliphatic hydroxyl groups is 1. The lowest BCUT2D eigenvalue weighted by atomic mass is 9.75. The van der Waals surface area contributed by atoms with E-state index >= 15 is 0 Å². The molecule has 1 aliphatic carbocycles. The molecule has 1 N–H and O–H groups in total. The van der Waals surface area contributed by atoms with Crippen LogP contribution < -0.4 is 0 Å². The third kappa shape index (κ3) is 2.93. The molecule has 2 aromatic rings. The highest BCUT2D eigenvalue weighted by Gasteiger charge is 2.30. The number of aryl methyl sites for hydroxylation is 1. The maximum atomic E-state index is 10.3. The monoisotopic (exact) mass is 270 g/mol. The molecule has 106 valence electrons. The molecule has 3 heteroatoms. The van der Waals surface area contributed by atoms with Gasteiger partial charge in [-0.2, -0.15) is 5.10 Å². The number of hydrogen-bond donors (Lipinski definition) is 1. The second-order valence-electron chi connectivity index (χ2n) is 5.93. The van der Waals surface area contributed by atoms with E-state index in [1.54, 1.807) is 0 Å². The van der Waals surface area contributed by atoms with Gasteiger partial charge < -0.3 is 5.11 Å². The van der Waals surface area contributed by atoms with Crippen molar-refractivity contribution >= 4 is 0 Å². The van der Waals surface area contributed by atoms with E-state index in [1.165, 1.54) is 5.56 Å². The van der Waals surface area contributed by atoms with Gasteiger partial charge in [0.2, 0.25) is 0 Å². The summed E-state index contributed by atoms with van der Waals surface area (Å²) in [6.07, 6.45) is 5.71. The molecule has 0 spiro atoms. The van der Waals surface area contributed by atoms with E-state index in [4.69, 9.17) is 0 Å². The topological polar surface area (TPSA) is 38.0 Å². The maximum absolute atomic E-state index is 10.3. The van der Waals surface area contributed by atoms with Crippen LogP contribution in [0.3, 0.4) is 0 Å². The van der Waals surface area contributed by atoms with Crippen LogP contribution in [0.1, 0.15) is 36.4 Å². The SMILES string of the molecule is Cn1ccc(CC2CC(c3ccccc3)CCC2O)n1. The van der Waals surface area contributed by atoms with Gasteiger partial charge in [0.15, 0.2) is 0 Å². The lowest BCUT2D eigenvalue weighted by molar-refractivity contribution is 0.0614. The quantitative estimate of drug-likeness (QED) is 0.931. The van der Waals surface area contributed by atoms with Gasteiger partial charge in [-0.05, 0) is 49.1 Å². The molecule has 20 heavy (non-hydrogen) atoms. The minimum Gasteiger partial charge on any atom is -0.393 e. The van der Waals surface area contributed by atoms with Crippen LogP contribution >= 0.6 is 0 Å². The zero-order valence-electron chi connectivity index (χ0n) is 11.9. The summed E-state index contributed by atoms with van der Waals surface area (Å²) in [5.41, 5.74) is 2.50. The first-order chi connectivity index (χ1) is 9.72. The zero-order chi connectivity index (χ0) is 13.9. The molecule has 1 heterocycles. The van der Waals surface area contributed by atoms with Gasteiger partial charge in [-0.25, -0.2) is 0 Å². The van der Waals surface area contributed by atoms with E-state index in [2.05, 4.69) is 41.5 Å². The van der Waals surface area contributed by atoms with Crippen LogP contribution in [0.2, 0.25) is 0 Å². The summed E-state index contributed by atoms with van der Waals surface area (Å²) in [6, 6.07) is 12.7. The number of aliphatic hydroxyl groups excluding tert-OH is 1. The van der Waals surface area contributed by atoms with Crippen LogP contribution in [-0.2, 0) is 13.5 Å². The van der Waals surface area contributed by atoms with Crippen LogP contribution in [0.15, 0.2) is 42.6 Å². The largest absolute Gasteiger partial charge is 0.393 e. The van der Waals surface area contributed by atoms with Gasteiger partial charge in [0.1, 0.15) is 0 Å². The fraction of sp³-hybridized carbons (Fsp3) is 0.471. The average molecular weight is 270 g/mol. The molecule has 1 saturated carbocycles. The fourth-order valence-corrected chi connectivity index (χ4v) is 3.34. The van der Waals surface area contributed by atoms with E-state index in [0.717, 1.165) is 31.4 Å². The van der Waals surface area contributed by atoms with Crippen LogP contribution in [-0.4, -0.2) is 21.0 Å². The molecule has 0 saturated heterocycles. The molecule has 1 aromatic heterocycles. The lowest BCUT2D eigenvalue weighted by Gasteiger charge is -2.33. The maximum Gasteiger partial charge on any atom is 0.0628 e. The van der Waals surface area contributed by atoms with Crippen LogP contribution in [0, 0.1) is 5.92 Å². The van der Waals surface area contributed by atoms with E-state index < -0.39 is 0 Å². The summed E-state index contributed by atoms with van der Waals surface area (Å²) in [5.74, 6) is 0.900. The van der Waals surface area contributed by atoms with Crippen molar-refractivity contribution in [3.05, 3.63) is 53.9 Å². The molecule has 0 bridgehead atoms. The van der Waals surface area contributed by atoms with Gasteiger partial charge in [0.25, 0.3) is 0 Å². The van der Waals surface area contributed by atoms with Gasteiger partial charge in [0, 0.05) is 13.2 Å². The predicted molar refractivity (Wildman–Crippen MR) is 79.4 cm³/mol. The Labute approximate surface area is 120 Å². The lowest BCUT2D eigenvalue weighted by Crippen LogP contribution is -2.30. The molecule has 3 nitrogen and oxygen atoms in total. The summed E-state index contributed by atoms with van der Waals surface area (Å²) in [5, 5.41) is 14.7. The third-order valence-corrected chi connectivity index (χ3v) is 4.45. The first-order valence-corrected chi connectivity index (χ1v) is 7.44. The van der Waals surface area contributed by atoms with Crippen LogP contribution in [0.25, 0.3) is 0 Å². The van der Waals surface area contributed by atoms with E-state index in [1.807, 2.05) is 17.9 Å². The van der Waals surface area contributed by atoms with Crippen molar-refractivity contribution < 1.29 is 5.11 Å². The van der Waals surface area contributed by atoms with Crippen molar-refractivity contribution in [3.63, 3.8) is 0 Å². The number of hydrogen-bond acceptors (Lipinski definition) is 2. The van der Waals surface area contributed by atoms with Gasteiger partial charge >= 0.3 is 0 Å². The number of nitrogens with zero attached hydrogens (tertiary/aromatic N) is 2. The van der Waals surface area contributed by atoms with Crippen molar-refractivity contribution in [2.75, 3.05) is 0 Å². The van der Waals surface area contributed by atoms with Crippen molar-refractivity contribution in [1.29, 1.82) is 0 Å². The molecule has 1 aliphatic rings.